The van der Waals surface area contributed by atoms with Crippen LogP contribution in [0.1, 0.15) is 46.0 Å². The van der Waals surface area contributed by atoms with Crippen molar-refractivity contribution in [3.05, 3.63) is 0 Å². The maximum absolute atomic E-state index is 6.05. The summed E-state index contributed by atoms with van der Waals surface area (Å²) in [4.78, 5) is 0. The molecule has 1 heteroatoms. The standard InChI is InChI=1S/C11H20O/c1-9(2)11-6-3-4-10(5-7-11)8-12-11/h9-10H,3-8H2,1-2H3. The first-order chi connectivity index (χ1) is 5.73. The molecule has 3 fully saturated rings. The third-order valence-electron chi connectivity index (χ3n) is 3.85. The van der Waals surface area contributed by atoms with Crippen molar-refractivity contribution >= 4 is 0 Å². The molecule has 70 valence electrons. The van der Waals surface area contributed by atoms with Crippen LogP contribution in [0.2, 0.25) is 0 Å². The average Bonchev–Trinajstić information content (AvgIpc) is 2.37. The lowest BCUT2D eigenvalue weighted by Gasteiger charge is -2.40. The summed E-state index contributed by atoms with van der Waals surface area (Å²) >= 11 is 0. The van der Waals surface area contributed by atoms with Gasteiger partial charge in [-0.05, 0) is 37.5 Å². The lowest BCUT2D eigenvalue weighted by atomic mass is 9.81. The highest BCUT2D eigenvalue weighted by Gasteiger charge is 2.41. The van der Waals surface area contributed by atoms with E-state index < -0.39 is 0 Å². The minimum atomic E-state index is 0.271. The Bertz CT molecular complexity index is 149. The van der Waals surface area contributed by atoms with Crippen molar-refractivity contribution in [2.75, 3.05) is 6.61 Å². The van der Waals surface area contributed by atoms with Gasteiger partial charge in [-0.1, -0.05) is 20.3 Å². The third kappa shape index (κ3) is 1.28. The number of hydrogen-bond acceptors (Lipinski definition) is 1. The molecule has 0 N–H and O–H groups in total. The van der Waals surface area contributed by atoms with Crippen LogP contribution in [0.15, 0.2) is 0 Å². The smallest absolute Gasteiger partial charge is 0.0705 e. The van der Waals surface area contributed by atoms with E-state index >= 15 is 0 Å². The fourth-order valence-corrected chi connectivity index (χ4v) is 2.75. The largest absolute Gasteiger partial charge is 0.374 e. The van der Waals surface area contributed by atoms with E-state index in [0.717, 1.165) is 12.5 Å². The summed E-state index contributed by atoms with van der Waals surface area (Å²) in [5, 5.41) is 0. The highest BCUT2D eigenvalue weighted by molar-refractivity contribution is 4.91. The first-order valence-corrected chi connectivity index (χ1v) is 5.37. The van der Waals surface area contributed by atoms with Crippen LogP contribution in [0, 0.1) is 11.8 Å². The molecule has 0 spiro atoms. The minimum Gasteiger partial charge on any atom is -0.374 e. The topological polar surface area (TPSA) is 9.23 Å². The van der Waals surface area contributed by atoms with Gasteiger partial charge in [0.1, 0.15) is 0 Å². The van der Waals surface area contributed by atoms with E-state index in [-0.39, 0.29) is 5.60 Å². The molecule has 2 aliphatic heterocycles. The van der Waals surface area contributed by atoms with Crippen LogP contribution < -0.4 is 0 Å². The molecule has 3 aliphatic rings. The highest BCUT2D eigenvalue weighted by atomic mass is 16.5. The first kappa shape index (κ1) is 8.55. The Kier molecular flexibility index (Phi) is 2.16. The molecule has 2 unspecified atom stereocenters. The van der Waals surface area contributed by atoms with Gasteiger partial charge in [0, 0.05) is 0 Å². The molecule has 2 atom stereocenters. The van der Waals surface area contributed by atoms with Crippen molar-refractivity contribution in [1.29, 1.82) is 0 Å². The Morgan fingerprint density at radius 2 is 2.08 bits per heavy atom. The molecule has 2 saturated heterocycles. The highest BCUT2D eigenvalue weighted by Crippen LogP contribution is 2.42. The normalized spacial score (nSPS) is 41.8. The molecule has 3 rings (SSSR count). The summed E-state index contributed by atoms with van der Waals surface area (Å²) in [6.45, 7) is 5.66. The number of hydrogen-bond donors (Lipinski definition) is 0. The number of fused-ring (bicyclic) bond motifs is 4. The molecule has 0 aromatic rings. The summed E-state index contributed by atoms with van der Waals surface area (Å²) in [6.07, 6.45) is 6.84. The Hall–Kier alpha value is -0.0400. The molecule has 1 aliphatic carbocycles. The quantitative estimate of drug-likeness (QED) is 0.585. The number of rotatable bonds is 1. The zero-order valence-electron chi connectivity index (χ0n) is 8.31. The lowest BCUT2D eigenvalue weighted by Crippen LogP contribution is -2.41. The van der Waals surface area contributed by atoms with Crippen LogP contribution in [0.4, 0.5) is 0 Å². The second kappa shape index (κ2) is 3.02. The molecule has 12 heavy (non-hydrogen) atoms. The van der Waals surface area contributed by atoms with E-state index in [9.17, 15) is 0 Å². The van der Waals surface area contributed by atoms with Crippen LogP contribution in [-0.4, -0.2) is 12.2 Å². The van der Waals surface area contributed by atoms with Gasteiger partial charge in [0.25, 0.3) is 0 Å². The molecule has 0 aromatic carbocycles. The molecule has 1 saturated carbocycles. The summed E-state index contributed by atoms with van der Waals surface area (Å²) < 4.78 is 6.05. The Morgan fingerprint density at radius 1 is 1.25 bits per heavy atom. The van der Waals surface area contributed by atoms with Gasteiger partial charge in [-0.15, -0.1) is 0 Å². The van der Waals surface area contributed by atoms with Crippen LogP contribution >= 0.6 is 0 Å². The monoisotopic (exact) mass is 168 g/mol. The molecule has 0 aromatic heterocycles. The molecule has 0 radical (unpaired) electrons. The Labute approximate surface area is 75.5 Å². The first-order valence-electron chi connectivity index (χ1n) is 5.37. The van der Waals surface area contributed by atoms with E-state index in [2.05, 4.69) is 13.8 Å². The van der Waals surface area contributed by atoms with Crippen molar-refractivity contribution in [2.24, 2.45) is 11.8 Å². The van der Waals surface area contributed by atoms with Crippen molar-refractivity contribution in [2.45, 2.75) is 51.6 Å². The van der Waals surface area contributed by atoms with Crippen molar-refractivity contribution < 1.29 is 4.74 Å². The van der Waals surface area contributed by atoms with Gasteiger partial charge < -0.3 is 4.74 Å². The molecular weight excluding hydrogens is 148 g/mol. The Morgan fingerprint density at radius 3 is 2.67 bits per heavy atom. The van der Waals surface area contributed by atoms with Crippen molar-refractivity contribution in [1.82, 2.24) is 0 Å². The maximum atomic E-state index is 6.05. The molecule has 0 amide bonds. The van der Waals surface area contributed by atoms with Gasteiger partial charge >= 0.3 is 0 Å². The predicted molar refractivity (Wildman–Crippen MR) is 50.1 cm³/mol. The lowest BCUT2D eigenvalue weighted by molar-refractivity contribution is -0.117. The second-order valence-corrected chi connectivity index (χ2v) is 4.83. The van der Waals surface area contributed by atoms with Crippen LogP contribution in [0.25, 0.3) is 0 Å². The van der Waals surface area contributed by atoms with Crippen LogP contribution in [-0.2, 0) is 4.74 Å². The summed E-state index contributed by atoms with van der Waals surface area (Å²) in [6, 6.07) is 0. The van der Waals surface area contributed by atoms with E-state index in [1.54, 1.807) is 0 Å². The fourth-order valence-electron chi connectivity index (χ4n) is 2.75. The van der Waals surface area contributed by atoms with Gasteiger partial charge in [0.15, 0.2) is 0 Å². The summed E-state index contributed by atoms with van der Waals surface area (Å²) in [5.74, 6) is 1.59. The molecular formula is C11H20O. The van der Waals surface area contributed by atoms with Gasteiger partial charge in [-0.3, -0.25) is 0 Å². The second-order valence-electron chi connectivity index (χ2n) is 4.83. The van der Waals surface area contributed by atoms with E-state index in [1.807, 2.05) is 0 Å². The third-order valence-corrected chi connectivity index (χ3v) is 3.85. The van der Waals surface area contributed by atoms with Gasteiger partial charge in [0.2, 0.25) is 0 Å². The SMILES string of the molecule is CC(C)C12CCCC(CC1)CO2. The van der Waals surface area contributed by atoms with E-state index in [1.165, 1.54) is 32.1 Å². The van der Waals surface area contributed by atoms with Gasteiger partial charge in [0.05, 0.1) is 12.2 Å². The maximum Gasteiger partial charge on any atom is 0.0705 e. The minimum absolute atomic E-state index is 0.271. The summed E-state index contributed by atoms with van der Waals surface area (Å²) in [7, 11) is 0. The molecule has 2 heterocycles. The predicted octanol–water partition coefficient (Wildman–Crippen LogP) is 2.99. The van der Waals surface area contributed by atoms with Gasteiger partial charge in [-0.2, -0.15) is 0 Å². The van der Waals surface area contributed by atoms with E-state index in [0.29, 0.717) is 5.92 Å². The van der Waals surface area contributed by atoms with Crippen LogP contribution in [0.5, 0.6) is 0 Å². The molecule has 2 bridgehead atoms. The fraction of sp³-hybridized carbons (Fsp3) is 1.00. The van der Waals surface area contributed by atoms with Crippen molar-refractivity contribution in [3.8, 4) is 0 Å². The number of ether oxygens (including phenoxy) is 1. The Balaban J connectivity index is 2.14. The van der Waals surface area contributed by atoms with Crippen LogP contribution in [0.3, 0.4) is 0 Å². The van der Waals surface area contributed by atoms with Crippen molar-refractivity contribution in [3.63, 3.8) is 0 Å². The average molecular weight is 168 g/mol. The zero-order valence-corrected chi connectivity index (χ0v) is 8.31. The summed E-state index contributed by atoms with van der Waals surface area (Å²) in [5.41, 5.74) is 0.271. The molecule has 1 nitrogen and oxygen atoms in total. The van der Waals surface area contributed by atoms with Gasteiger partial charge in [-0.25, -0.2) is 0 Å². The zero-order chi connectivity index (χ0) is 8.60. The van der Waals surface area contributed by atoms with E-state index in [4.69, 9.17) is 4.74 Å².